The van der Waals surface area contributed by atoms with Gasteiger partial charge in [-0.1, -0.05) is 12.1 Å². The molecule has 0 aliphatic heterocycles. The summed E-state index contributed by atoms with van der Waals surface area (Å²) in [5, 5.41) is 3.29. The van der Waals surface area contributed by atoms with Crippen LogP contribution < -0.4 is 11.1 Å². The monoisotopic (exact) mass is 216 g/mol. The topological polar surface area (TPSA) is 55.1 Å². The van der Waals surface area contributed by atoms with Crippen molar-refractivity contribution in [2.75, 3.05) is 0 Å². The summed E-state index contributed by atoms with van der Waals surface area (Å²) in [5.74, 6) is 2.20. The fraction of sp³-hybridized carbons (Fsp3) is 0.308. The maximum Gasteiger partial charge on any atom is 0.248 e. The zero-order chi connectivity index (χ0) is 12.0. The molecule has 0 aliphatic rings. The molecular formula is C13H16N2O. The van der Waals surface area contributed by atoms with Crippen molar-refractivity contribution in [3.05, 3.63) is 35.4 Å². The van der Waals surface area contributed by atoms with E-state index in [-0.39, 0.29) is 0 Å². The van der Waals surface area contributed by atoms with Crippen LogP contribution in [-0.2, 0) is 6.54 Å². The molecule has 0 aliphatic carbocycles. The van der Waals surface area contributed by atoms with E-state index < -0.39 is 5.91 Å². The van der Waals surface area contributed by atoms with Crippen LogP contribution in [0.1, 0.15) is 29.3 Å². The highest BCUT2D eigenvalue weighted by Gasteiger charge is 2.01. The summed E-state index contributed by atoms with van der Waals surface area (Å²) in [6.07, 6.45) is 5.92. The van der Waals surface area contributed by atoms with E-state index in [1.165, 1.54) is 0 Å². The van der Waals surface area contributed by atoms with Crippen LogP contribution >= 0.6 is 0 Å². The standard InChI is InChI=1S/C13H16N2O/c1-3-4-10(2)15-9-11-5-7-12(8-6-11)13(14)16/h1,5-8,10,15H,4,9H2,2H3,(H2,14,16). The third-order valence-corrected chi connectivity index (χ3v) is 2.32. The number of rotatable bonds is 5. The fourth-order valence-electron chi connectivity index (χ4n) is 1.33. The van der Waals surface area contributed by atoms with Gasteiger partial charge >= 0.3 is 0 Å². The molecule has 0 spiro atoms. The molecule has 1 amide bonds. The van der Waals surface area contributed by atoms with Gasteiger partial charge < -0.3 is 11.1 Å². The number of primary amides is 1. The molecule has 0 fully saturated rings. The Balaban J connectivity index is 2.50. The molecule has 3 nitrogen and oxygen atoms in total. The van der Waals surface area contributed by atoms with Crippen molar-refractivity contribution >= 4 is 5.91 Å². The average Bonchev–Trinajstić information content (AvgIpc) is 2.27. The lowest BCUT2D eigenvalue weighted by molar-refractivity contribution is 0.100. The molecule has 3 N–H and O–H groups in total. The van der Waals surface area contributed by atoms with Crippen molar-refractivity contribution in [2.45, 2.75) is 25.9 Å². The van der Waals surface area contributed by atoms with Crippen LogP contribution in [-0.4, -0.2) is 11.9 Å². The second kappa shape index (κ2) is 5.94. The van der Waals surface area contributed by atoms with Crippen molar-refractivity contribution in [3.63, 3.8) is 0 Å². The Morgan fingerprint density at radius 3 is 2.62 bits per heavy atom. The average molecular weight is 216 g/mol. The minimum Gasteiger partial charge on any atom is -0.366 e. The number of hydrogen-bond donors (Lipinski definition) is 2. The number of carbonyl (C=O) groups excluding carboxylic acids is 1. The van der Waals surface area contributed by atoms with E-state index in [4.69, 9.17) is 12.2 Å². The Morgan fingerprint density at radius 1 is 1.50 bits per heavy atom. The van der Waals surface area contributed by atoms with Gasteiger partial charge in [-0.3, -0.25) is 4.79 Å². The van der Waals surface area contributed by atoms with E-state index in [2.05, 4.69) is 11.2 Å². The first-order valence-corrected chi connectivity index (χ1v) is 5.19. The van der Waals surface area contributed by atoms with E-state index in [9.17, 15) is 4.79 Å². The lowest BCUT2D eigenvalue weighted by Crippen LogP contribution is -2.24. The first kappa shape index (κ1) is 12.3. The predicted octanol–water partition coefficient (Wildman–Crippen LogP) is 1.29. The van der Waals surface area contributed by atoms with Crippen molar-refractivity contribution in [1.82, 2.24) is 5.32 Å². The number of terminal acetylenes is 1. The first-order chi connectivity index (χ1) is 7.63. The largest absolute Gasteiger partial charge is 0.366 e. The van der Waals surface area contributed by atoms with E-state index >= 15 is 0 Å². The van der Waals surface area contributed by atoms with Crippen LogP contribution in [0.2, 0.25) is 0 Å². The smallest absolute Gasteiger partial charge is 0.248 e. The lowest BCUT2D eigenvalue weighted by Gasteiger charge is -2.10. The van der Waals surface area contributed by atoms with Crippen LogP contribution in [0.5, 0.6) is 0 Å². The Labute approximate surface area is 96.0 Å². The molecule has 1 unspecified atom stereocenters. The molecule has 1 aromatic rings. The van der Waals surface area contributed by atoms with Crippen molar-refractivity contribution in [3.8, 4) is 12.3 Å². The highest BCUT2D eigenvalue weighted by molar-refractivity contribution is 5.92. The van der Waals surface area contributed by atoms with E-state index in [1.807, 2.05) is 19.1 Å². The van der Waals surface area contributed by atoms with Crippen LogP contribution in [0.3, 0.4) is 0 Å². The van der Waals surface area contributed by atoms with Gasteiger partial charge in [0.1, 0.15) is 0 Å². The van der Waals surface area contributed by atoms with Crippen molar-refractivity contribution < 1.29 is 4.79 Å². The van der Waals surface area contributed by atoms with Crippen molar-refractivity contribution in [1.29, 1.82) is 0 Å². The molecule has 3 heteroatoms. The number of carbonyl (C=O) groups is 1. The number of benzene rings is 1. The van der Waals surface area contributed by atoms with Gasteiger partial charge in [0.05, 0.1) is 0 Å². The van der Waals surface area contributed by atoms with Gasteiger partial charge in [0.15, 0.2) is 0 Å². The third-order valence-electron chi connectivity index (χ3n) is 2.32. The number of amides is 1. The summed E-state index contributed by atoms with van der Waals surface area (Å²) in [4.78, 5) is 10.8. The second-order valence-corrected chi connectivity index (χ2v) is 3.75. The second-order valence-electron chi connectivity index (χ2n) is 3.75. The van der Waals surface area contributed by atoms with Gasteiger partial charge in [0, 0.05) is 24.6 Å². The summed E-state index contributed by atoms with van der Waals surface area (Å²) in [6, 6.07) is 7.52. The van der Waals surface area contributed by atoms with Gasteiger partial charge in [-0.05, 0) is 24.6 Å². The molecule has 1 aromatic carbocycles. The highest BCUT2D eigenvalue weighted by atomic mass is 16.1. The van der Waals surface area contributed by atoms with Gasteiger partial charge in [0.2, 0.25) is 5.91 Å². The Morgan fingerprint density at radius 2 is 2.12 bits per heavy atom. The summed E-state index contributed by atoms with van der Waals surface area (Å²) < 4.78 is 0. The van der Waals surface area contributed by atoms with Crippen LogP contribution in [0.25, 0.3) is 0 Å². The normalized spacial score (nSPS) is 11.8. The van der Waals surface area contributed by atoms with Crippen LogP contribution in [0, 0.1) is 12.3 Å². The minimum absolute atomic E-state index is 0.292. The quantitative estimate of drug-likeness (QED) is 0.729. The molecule has 0 saturated carbocycles. The molecule has 0 heterocycles. The van der Waals surface area contributed by atoms with Crippen molar-refractivity contribution in [2.24, 2.45) is 5.73 Å². The Kier molecular flexibility index (Phi) is 4.56. The maximum atomic E-state index is 10.8. The molecule has 84 valence electrons. The van der Waals surface area contributed by atoms with Gasteiger partial charge in [0.25, 0.3) is 0 Å². The third kappa shape index (κ3) is 3.76. The summed E-state index contributed by atoms with van der Waals surface area (Å²) >= 11 is 0. The van der Waals surface area contributed by atoms with E-state index in [1.54, 1.807) is 12.1 Å². The van der Waals surface area contributed by atoms with E-state index in [0.29, 0.717) is 18.0 Å². The molecule has 16 heavy (non-hydrogen) atoms. The summed E-state index contributed by atoms with van der Waals surface area (Å²) in [6.45, 7) is 2.78. The zero-order valence-corrected chi connectivity index (χ0v) is 9.36. The number of nitrogens with one attached hydrogen (secondary N) is 1. The van der Waals surface area contributed by atoms with Gasteiger partial charge in [-0.2, -0.15) is 0 Å². The molecule has 0 radical (unpaired) electrons. The first-order valence-electron chi connectivity index (χ1n) is 5.19. The van der Waals surface area contributed by atoms with Gasteiger partial charge in [-0.15, -0.1) is 12.3 Å². The molecule has 1 atom stereocenters. The van der Waals surface area contributed by atoms with E-state index in [0.717, 1.165) is 12.1 Å². The fourth-order valence-corrected chi connectivity index (χ4v) is 1.33. The highest BCUT2D eigenvalue weighted by Crippen LogP contribution is 2.04. The minimum atomic E-state index is -0.403. The molecule has 0 saturated heterocycles. The molecule has 1 rings (SSSR count). The zero-order valence-electron chi connectivity index (χ0n) is 9.36. The van der Waals surface area contributed by atoms with Gasteiger partial charge in [-0.25, -0.2) is 0 Å². The SMILES string of the molecule is C#CCC(C)NCc1ccc(C(N)=O)cc1. The van der Waals surface area contributed by atoms with Crippen LogP contribution in [0.4, 0.5) is 0 Å². The summed E-state index contributed by atoms with van der Waals surface area (Å²) in [7, 11) is 0. The molecule has 0 bridgehead atoms. The van der Waals surface area contributed by atoms with Crippen LogP contribution in [0.15, 0.2) is 24.3 Å². The lowest BCUT2D eigenvalue weighted by atomic mass is 10.1. The molecular weight excluding hydrogens is 200 g/mol. The summed E-state index contributed by atoms with van der Waals surface area (Å²) in [5.41, 5.74) is 6.78. The number of hydrogen-bond acceptors (Lipinski definition) is 2. The predicted molar refractivity (Wildman–Crippen MR) is 64.7 cm³/mol. The Bertz CT molecular complexity index is 389. The molecule has 0 aromatic heterocycles. The number of nitrogens with two attached hydrogens (primary N) is 1. The maximum absolute atomic E-state index is 10.8. The Hall–Kier alpha value is -1.79.